The van der Waals surface area contributed by atoms with E-state index in [-0.39, 0.29) is 0 Å². The molecule has 0 heterocycles. The number of nitrogens with one attached hydrogen (secondary N) is 1. The highest BCUT2D eigenvalue weighted by Gasteiger charge is 2.21. The van der Waals surface area contributed by atoms with E-state index in [2.05, 4.69) is 5.32 Å². The zero-order valence-electron chi connectivity index (χ0n) is 10.7. The molecule has 0 fully saturated rings. The number of carbonyl (C=O) groups is 2. The van der Waals surface area contributed by atoms with Gasteiger partial charge in [0.1, 0.15) is 5.75 Å². The highest BCUT2D eigenvalue weighted by molar-refractivity contribution is 5.94. The maximum Gasteiger partial charge on any atom is 0.328 e. The van der Waals surface area contributed by atoms with Crippen molar-refractivity contribution in [2.45, 2.75) is 6.04 Å². The molecule has 7 nitrogen and oxygen atoms in total. The van der Waals surface area contributed by atoms with Crippen molar-refractivity contribution in [1.82, 2.24) is 5.32 Å². The second-order valence-electron chi connectivity index (χ2n) is 3.78. The minimum Gasteiger partial charge on any atom is -0.497 e. The first-order valence-electron chi connectivity index (χ1n) is 5.51. The van der Waals surface area contributed by atoms with Crippen LogP contribution in [0, 0.1) is 0 Å². The number of carboxylic acid groups (broad SMARTS) is 1. The van der Waals surface area contributed by atoms with Crippen molar-refractivity contribution >= 4 is 17.7 Å². The Kier molecular flexibility index (Phi) is 5.13. The lowest BCUT2D eigenvalue weighted by Gasteiger charge is -2.20. The monoisotopic (exact) mass is 268 g/mol. The van der Waals surface area contributed by atoms with Gasteiger partial charge in [-0.2, -0.15) is 0 Å². The fraction of sp³-hybridized carbons (Fsp3) is 0.333. The van der Waals surface area contributed by atoms with Crippen LogP contribution in [0.1, 0.15) is 0 Å². The predicted octanol–water partition coefficient (Wildman–Crippen LogP) is 0.286. The average molecular weight is 268 g/mol. The number of aliphatic carboxylic acids is 1. The van der Waals surface area contributed by atoms with E-state index in [0.29, 0.717) is 11.4 Å². The first kappa shape index (κ1) is 14.8. The van der Waals surface area contributed by atoms with E-state index in [0.717, 1.165) is 0 Å². The minimum absolute atomic E-state index is 0.570. The number of anilines is 1. The van der Waals surface area contributed by atoms with Crippen molar-refractivity contribution in [2.24, 2.45) is 0 Å². The van der Waals surface area contributed by atoms with Crippen LogP contribution in [0.25, 0.3) is 0 Å². The Morgan fingerprint density at radius 2 is 1.95 bits per heavy atom. The van der Waals surface area contributed by atoms with Gasteiger partial charge >= 0.3 is 12.0 Å². The molecular weight excluding hydrogens is 252 g/mol. The number of aliphatic hydroxyl groups is 1. The number of rotatable bonds is 5. The molecular formula is C12H16N2O5. The van der Waals surface area contributed by atoms with Crippen LogP contribution in [0.2, 0.25) is 0 Å². The van der Waals surface area contributed by atoms with Crippen LogP contribution in [0.4, 0.5) is 10.5 Å². The molecule has 0 radical (unpaired) electrons. The second-order valence-corrected chi connectivity index (χ2v) is 3.78. The van der Waals surface area contributed by atoms with Gasteiger partial charge in [0.2, 0.25) is 0 Å². The first-order valence-corrected chi connectivity index (χ1v) is 5.51. The molecule has 0 unspecified atom stereocenters. The molecule has 1 atom stereocenters. The molecule has 0 aromatic heterocycles. The highest BCUT2D eigenvalue weighted by Crippen LogP contribution is 2.18. The fourth-order valence-electron chi connectivity index (χ4n) is 1.35. The smallest absolute Gasteiger partial charge is 0.328 e. The van der Waals surface area contributed by atoms with E-state index in [9.17, 15) is 9.59 Å². The maximum absolute atomic E-state index is 11.8. The van der Waals surface area contributed by atoms with Crippen molar-refractivity contribution in [3.05, 3.63) is 24.3 Å². The maximum atomic E-state index is 11.8. The first-order chi connectivity index (χ1) is 8.99. The third kappa shape index (κ3) is 3.85. The van der Waals surface area contributed by atoms with E-state index in [4.69, 9.17) is 14.9 Å². The van der Waals surface area contributed by atoms with E-state index in [1.807, 2.05) is 0 Å². The summed E-state index contributed by atoms with van der Waals surface area (Å²) in [5.41, 5.74) is 0.570. The Balaban J connectivity index is 2.72. The number of hydrogen-bond donors (Lipinski definition) is 3. The molecule has 7 heteroatoms. The number of methoxy groups -OCH3 is 1. The number of amides is 2. The van der Waals surface area contributed by atoms with Crippen LogP contribution in [0.3, 0.4) is 0 Å². The summed E-state index contributed by atoms with van der Waals surface area (Å²) in [5.74, 6) is -0.643. The van der Waals surface area contributed by atoms with Crippen LogP contribution in [-0.2, 0) is 4.79 Å². The van der Waals surface area contributed by atoms with Gasteiger partial charge in [-0.3, -0.25) is 4.90 Å². The molecule has 1 aromatic carbocycles. The normalized spacial score (nSPS) is 11.5. The van der Waals surface area contributed by atoms with Gasteiger partial charge in [-0.05, 0) is 24.3 Å². The molecule has 1 rings (SSSR count). The van der Waals surface area contributed by atoms with Crippen molar-refractivity contribution in [1.29, 1.82) is 0 Å². The molecule has 0 saturated heterocycles. The van der Waals surface area contributed by atoms with E-state index < -0.39 is 24.6 Å². The summed E-state index contributed by atoms with van der Waals surface area (Å²) in [7, 11) is 3.03. The summed E-state index contributed by atoms with van der Waals surface area (Å²) in [6.07, 6.45) is 0. The lowest BCUT2D eigenvalue weighted by Crippen LogP contribution is -2.48. The molecule has 0 aliphatic heterocycles. The Morgan fingerprint density at radius 1 is 1.37 bits per heavy atom. The minimum atomic E-state index is -1.33. The molecule has 1 aromatic rings. The molecule has 2 amide bonds. The van der Waals surface area contributed by atoms with E-state index >= 15 is 0 Å². The third-order valence-corrected chi connectivity index (χ3v) is 2.54. The quantitative estimate of drug-likeness (QED) is 0.712. The largest absolute Gasteiger partial charge is 0.497 e. The Hall–Kier alpha value is -2.28. The van der Waals surface area contributed by atoms with Crippen molar-refractivity contribution in [3.8, 4) is 5.75 Å². The molecule has 0 aliphatic carbocycles. The third-order valence-electron chi connectivity index (χ3n) is 2.54. The molecule has 3 N–H and O–H groups in total. The number of nitrogens with zero attached hydrogens (tertiary/aromatic N) is 1. The van der Waals surface area contributed by atoms with Crippen molar-refractivity contribution < 1.29 is 24.5 Å². The van der Waals surface area contributed by atoms with E-state index in [1.54, 1.807) is 24.3 Å². The predicted molar refractivity (Wildman–Crippen MR) is 68.4 cm³/mol. The molecule has 0 bridgehead atoms. The summed E-state index contributed by atoms with van der Waals surface area (Å²) in [6.45, 7) is -0.669. The Morgan fingerprint density at radius 3 is 2.37 bits per heavy atom. The summed E-state index contributed by atoms with van der Waals surface area (Å²) in [6, 6.07) is 4.74. The standard InChI is InChI=1S/C12H16N2O5/c1-14(8-3-5-9(19-2)6-4-8)12(18)13-10(7-15)11(16)17/h3-6,10,15H,7H2,1-2H3,(H,13,18)(H,16,17)/t10-/m1/s1. The van der Waals surface area contributed by atoms with Gasteiger partial charge in [0.05, 0.1) is 13.7 Å². The molecule has 19 heavy (non-hydrogen) atoms. The number of benzene rings is 1. The SMILES string of the molecule is COc1ccc(N(C)C(=O)N[C@H](CO)C(=O)O)cc1. The summed E-state index contributed by atoms with van der Waals surface area (Å²) in [5, 5.41) is 19.8. The van der Waals surface area contributed by atoms with Gasteiger partial charge in [0.15, 0.2) is 6.04 Å². The van der Waals surface area contributed by atoms with Gasteiger partial charge < -0.3 is 20.3 Å². The van der Waals surface area contributed by atoms with Crippen LogP contribution >= 0.6 is 0 Å². The van der Waals surface area contributed by atoms with Gasteiger partial charge in [-0.1, -0.05) is 0 Å². The summed E-state index contributed by atoms with van der Waals surface area (Å²) >= 11 is 0. The molecule has 0 aliphatic rings. The molecule has 104 valence electrons. The van der Waals surface area contributed by atoms with Crippen LogP contribution < -0.4 is 15.0 Å². The van der Waals surface area contributed by atoms with Crippen molar-refractivity contribution in [3.63, 3.8) is 0 Å². The molecule has 0 saturated carbocycles. The lowest BCUT2D eigenvalue weighted by molar-refractivity contribution is -0.140. The van der Waals surface area contributed by atoms with Crippen LogP contribution in [-0.4, -0.2) is 49.0 Å². The second kappa shape index (κ2) is 6.60. The molecule has 0 spiro atoms. The number of carboxylic acids is 1. The number of urea groups is 1. The highest BCUT2D eigenvalue weighted by atomic mass is 16.5. The van der Waals surface area contributed by atoms with Gasteiger partial charge in [0.25, 0.3) is 0 Å². The van der Waals surface area contributed by atoms with Crippen molar-refractivity contribution in [2.75, 3.05) is 25.7 Å². The lowest BCUT2D eigenvalue weighted by atomic mass is 10.3. The summed E-state index contributed by atoms with van der Waals surface area (Å²) < 4.78 is 4.99. The zero-order chi connectivity index (χ0) is 14.4. The van der Waals surface area contributed by atoms with Gasteiger partial charge in [-0.25, -0.2) is 9.59 Å². The van der Waals surface area contributed by atoms with E-state index in [1.165, 1.54) is 19.1 Å². The zero-order valence-corrected chi connectivity index (χ0v) is 10.7. The van der Waals surface area contributed by atoms with Gasteiger partial charge in [0, 0.05) is 12.7 Å². The summed E-state index contributed by atoms with van der Waals surface area (Å²) in [4.78, 5) is 23.7. The van der Waals surface area contributed by atoms with Crippen LogP contribution in [0.15, 0.2) is 24.3 Å². The topological polar surface area (TPSA) is 99.1 Å². The number of aliphatic hydroxyl groups excluding tert-OH is 1. The Labute approximate surface area is 110 Å². The number of ether oxygens (including phenoxy) is 1. The fourth-order valence-corrected chi connectivity index (χ4v) is 1.35. The van der Waals surface area contributed by atoms with Crippen LogP contribution in [0.5, 0.6) is 5.75 Å². The average Bonchev–Trinajstić information content (AvgIpc) is 2.43. The number of carbonyl (C=O) groups excluding carboxylic acids is 1. The number of hydrogen-bond acceptors (Lipinski definition) is 4. The van der Waals surface area contributed by atoms with Gasteiger partial charge in [-0.15, -0.1) is 0 Å². The Bertz CT molecular complexity index is 446.